The van der Waals surface area contributed by atoms with Crippen molar-refractivity contribution in [2.45, 2.75) is 19.3 Å². The number of ether oxygens (including phenoxy) is 3. The van der Waals surface area contributed by atoms with Gasteiger partial charge in [0.2, 0.25) is 0 Å². The minimum Gasteiger partial charge on any atom is -0.469 e. The van der Waals surface area contributed by atoms with Gasteiger partial charge in [0.25, 0.3) is 0 Å². The fraction of sp³-hybridized carbons (Fsp3) is 0.259. The third kappa shape index (κ3) is 8.87. The highest BCUT2D eigenvalue weighted by atomic mass is 31.2. The summed E-state index contributed by atoms with van der Waals surface area (Å²) in [4.78, 5) is 23.0. The molecule has 36 heavy (non-hydrogen) atoms. The van der Waals surface area contributed by atoms with Crippen LogP contribution in [0, 0.1) is 0 Å². The molecule has 0 atom stereocenters. The van der Waals surface area contributed by atoms with E-state index >= 15 is 0 Å². The first-order valence-corrected chi connectivity index (χ1v) is 12.3. The molecule has 0 radical (unpaired) electrons. The van der Waals surface area contributed by atoms with Crippen molar-refractivity contribution in [2.75, 3.05) is 27.9 Å². The molecule has 3 aromatic carbocycles. The van der Waals surface area contributed by atoms with Gasteiger partial charge in [0.05, 0.1) is 33.7 Å². The summed E-state index contributed by atoms with van der Waals surface area (Å²) in [6.45, 7) is 0.636. The van der Waals surface area contributed by atoms with Crippen molar-refractivity contribution in [3.8, 4) is 17.2 Å². The Morgan fingerprint density at radius 2 is 0.944 bits per heavy atom. The third-order valence-electron chi connectivity index (χ3n) is 5.06. The Hall–Kier alpha value is -3.61. The standard InChI is InChI=1S/C27H29O8P/c1-30-17-16-20-4-10-23(11-5-20)33-36(34-24-12-6-21(7-13-24)18-26(28)31-2)35-25-14-8-22(9-15-25)19-27(29)32-3/h4-15H,16-19H2,1-3H3. The van der Waals surface area contributed by atoms with Crippen LogP contribution in [0.5, 0.6) is 17.2 Å². The van der Waals surface area contributed by atoms with Gasteiger partial charge in [-0.15, -0.1) is 0 Å². The fourth-order valence-corrected chi connectivity index (χ4v) is 4.06. The Labute approximate surface area is 212 Å². The molecular formula is C27H29O8P. The zero-order chi connectivity index (χ0) is 25.8. The first-order chi connectivity index (χ1) is 17.5. The lowest BCUT2D eigenvalue weighted by atomic mass is 10.1. The van der Waals surface area contributed by atoms with Crippen molar-refractivity contribution in [1.82, 2.24) is 0 Å². The number of carbonyl (C=O) groups is 2. The smallest absolute Gasteiger partial charge is 0.469 e. The number of esters is 2. The van der Waals surface area contributed by atoms with E-state index in [9.17, 15) is 9.59 Å². The van der Waals surface area contributed by atoms with Crippen LogP contribution < -0.4 is 13.6 Å². The Morgan fingerprint density at radius 1 is 0.583 bits per heavy atom. The summed E-state index contributed by atoms with van der Waals surface area (Å²) in [5.74, 6) is 0.999. The number of benzene rings is 3. The zero-order valence-corrected chi connectivity index (χ0v) is 21.4. The van der Waals surface area contributed by atoms with Crippen LogP contribution in [0.25, 0.3) is 0 Å². The number of hydrogen-bond acceptors (Lipinski definition) is 8. The molecule has 8 nitrogen and oxygen atoms in total. The second kappa shape index (κ2) is 14.1. The van der Waals surface area contributed by atoms with Gasteiger partial charge in [-0.3, -0.25) is 9.59 Å². The lowest BCUT2D eigenvalue weighted by Gasteiger charge is -2.18. The molecule has 0 saturated heterocycles. The Balaban J connectivity index is 1.72. The Bertz CT molecular complexity index is 1030. The Kier molecular flexibility index (Phi) is 10.5. The van der Waals surface area contributed by atoms with Crippen molar-refractivity contribution in [3.63, 3.8) is 0 Å². The predicted molar refractivity (Wildman–Crippen MR) is 135 cm³/mol. The number of rotatable bonds is 13. The molecule has 0 aromatic heterocycles. The lowest BCUT2D eigenvalue weighted by molar-refractivity contribution is -0.140. The maximum absolute atomic E-state index is 11.5. The highest BCUT2D eigenvalue weighted by Gasteiger charge is 2.20. The van der Waals surface area contributed by atoms with Crippen LogP contribution in [0.1, 0.15) is 16.7 Å². The van der Waals surface area contributed by atoms with Gasteiger partial charge in [-0.1, -0.05) is 36.4 Å². The summed E-state index contributed by atoms with van der Waals surface area (Å²) in [6, 6.07) is 21.7. The second-order valence-electron chi connectivity index (χ2n) is 7.68. The van der Waals surface area contributed by atoms with Crippen molar-refractivity contribution >= 4 is 20.5 Å². The van der Waals surface area contributed by atoms with Crippen LogP contribution in [0.2, 0.25) is 0 Å². The number of methoxy groups -OCH3 is 3. The summed E-state index contributed by atoms with van der Waals surface area (Å²) in [5, 5.41) is 0. The van der Waals surface area contributed by atoms with E-state index in [0.717, 1.165) is 23.1 Å². The largest absolute Gasteiger partial charge is 0.530 e. The van der Waals surface area contributed by atoms with Gasteiger partial charge in [-0.25, -0.2) is 0 Å². The normalized spacial score (nSPS) is 10.6. The van der Waals surface area contributed by atoms with Gasteiger partial charge in [0.15, 0.2) is 0 Å². The molecule has 0 amide bonds. The summed E-state index contributed by atoms with van der Waals surface area (Å²) in [5.41, 5.74) is 2.72. The van der Waals surface area contributed by atoms with Crippen LogP contribution in [-0.2, 0) is 43.1 Å². The van der Waals surface area contributed by atoms with Crippen LogP contribution in [0.3, 0.4) is 0 Å². The van der Waals surface area contributed by atoms with Gasteiger partial charge in [0.1, 0.15) is 17.2 Å². The van der Waals surface area contributed by atoms with Gasteiger partial charge >= 0.3 is 20.5 Å². The molecule has 3 rings (SSSR count). The van der Waals surface area contributed by atoms with E-state index < -0.39 is 8.60 Å². The lowest BCUT2D eigenvalue weighted by Crippen LogP contribution is -2.05. The second-order valence-corrected chi connectivity index (χ2v) is 8.67. The minimum atomic E-state index is -1.88. The average Bonchev–Trinajstić information content (AvgIpc) is 2.90. The number of carbonyl (C=O) groups excluding carboxylic acids is 2. The summed E-state index contributed by atoms with van der Waals surface area (Å²) in [6.07, 6.45) is 1.14. The minimum absolute atomic E-state index is 0.173. The molecule has 0 unspecified atom stereocenters. The zero-order valence-electron chi connectivity index (χ0n) is 20.5. The van der Waals surface area contributed by atoms with Crippen molar-refractivity contribution in [2.24, 2.45) is 0 Å². The topological polar surface area (TPSA) is 89.5 Å². The van der Waals surface area contributed by atoms with Crippen molar-refractivity contribution in [1.29, 1.82) is 0 Å². The molecule has 0 spiro atoms. The quantitative estimate of drug-likeness (QED) is 0.232. The summed E-state index contributed by atoms with van der Waals surface area (Å²) in [7, 11) is 2.50. The van der Waals surface area contributed by atoms with Crippen LogP contribution in [-0.4, -0.2) is 39.9 Å². The predicted octanol–water partition coefficient (Wildman–Crippen LogP) is 5.07. The molecule has 0 bridgehead atoms. The maximum Gasteiger partial charge on any atom is 0.530 e. The SMILES string of the molecule is COCCc1ccc(OP(Oc2ccc(CC(=O)OC)cc2)Oc2ccc(CC(=O)OC)cc2)cc1. The molecule has 190 valence electrons. The highest BCUT2D eigenvalue weighted by molar-refractivity contribution is 7.43. The highest BCUT2D eigenvalue weighted by Crippen LogP contribution is 2.42. The van der Waals surface area contributed by atoms with E-state index in [2.05, 4.69) is 0 Å². The first-order valence-electron chi connectivity index (χ1n) is 11.2. The molecule has 0 saturated carbocycles. The molecule has 0 fully saturated rings. The molecule has 0 aliphatic heterocycles. The van der Waals surface area contributed by atoms with Crippen LogP contribution >= 0.6 is 8.60 Å². The molecule has 0 heterocycles. The molecule has 9 heteroatoms. The third-order valence-corrected chi connectivity index (χ3v) is 6.14. The van der Waals surface area contributed by atoms with E-state index in [4.69, 9.17) is 27.8 Å². The molecule has 0 aliphatic carbocycles. The average molecular weight is 512 g/mol. The molecular weight excluding hydrogens is 483 g/mol. The number of hydrogen-bond donors (Lipinski definition) is 0. The monoisotopic (exact) mass is 512 g/mol. The van der Waals surface area contributed by atoms with Crippen molar-refractivity contribution < 1.29 is 37.4 Å². The first kappa shape index (κ1) is 27.0. The molecule has 0 N–H and O–H groups in total. The van der Waals surface area contributed by atoms with E-state index in [1.807, 2.05) is 24.3 Å². The summed E-state index contributed by atoms with van der Waals surface area (Å²) >= 11 is 0. The maximum atomic E-state index is 11.5. The Morgan fingerprint density at radius 3 is 1.28 bits per heavy atom. The van der Waals surface area contributed by atoms with E-state index in [1.165, 1.54) is 14.2 Å². The van der Waals surface area contributed by atoms with Crippen molar-refractivity contribution in [3.05, 3.63) is 89.5 Å². The molecule has 0 aliphatic rings. The van der Waals surface area contributed by atoms with E-state index in [1.54, 1.807) is 55.6 Å². The van der Waals surface area contributed by atoms with Gasteiger partial charge in [-0.2, -0.15) is 0 Å². The fourth-order valence-electron chi connectivity index (χ4n) is 3.06. The summed E-state index contributed by atoms with van der Waals surface area (Å²) < 4.78 is 32.6. The van der Waals surface area contributed by atoms with E-state index in [0.29, 0.717) is 23.9 Å². The van der Waals surface area contributed by atoms with Crippen LogP contribution in [0.4, 0.5) is 0 Å². The van der Waals surface area contributed by atoms with Crippen LogP contribution in [0.15, 0.2) is 72.8 Å². The van der Waals surface area contributed by atoms with Gasteiger partial charge in [-0.05, 0) is 59.5 Å². The van der Waals surface area contributed by atoms with Gasteiger partial charge in [0, 0.05) is 7.11 Å². The molecule has 3 aromatic rings. The van der Waals surface area contributed by atoms with Gasteiger partial charge < -0.3 is 27.8 Å². The van der Waals surface area contributed by atoms with E-state index in [-0.39, 0.29) is 24.8 Å².